The smallest absolute Gasteiger partial charge is 0.326 e. The quantitative estimate of drug-likeness (QED) is 0.737. The van der Waals surface area contributed by atoms with E-state index in [0.717, 1.165) is 6.92 Å². The molecule has 0 saturated carbocycles. The van der Waals surface area contributed by atoms with Crippen LogP contribution in [0.5, 0.6) is 0 Å². The van der Waals surface area contributed by atoms with Crippen molar-refractivity contribution in [3.05, 3.63) is 0 Å². The molecule has 0 aliphatic rings. The van der Waals surface area contributed by atoms with Gasteiger partial charge < -0.3 is 10.4 Å². The minimum Gasteiger partial charge on any atom is -0.480 e. The molecule has 1 unspecified atom stereocenters. The van der Waals surface area contributed by atoms with Crippen LogP contribution >= 0.6 is 0 Å². The average molecular weight is 223 g/mol. The van der Waals surface area contributed by atoms with E-state index in [1.165, 1.54) is 13.8 Å². The standard InChI is InChI=1S/C9H15F2NO3/c1-4-9(10,11)8(15)12-6(5(2)3)7(13)14/h5-6H,4H2,1-3H3,(H,12,15)(H,13,14). The normalized spacial score (nSPS) is 13.7. The Hall–Kier alpha value is -1.20. The molecule has 0 saturated heterocycles. The molecular weight excluding hydrogens is 208 g/mol. The number of carbonyl (C=O) groups is 2. The average Bonchev–Trinajstić information content (AvgIpc) is 2.12. The first-order valence-electron chi connectivity index (χ1n) is 4.64. The lowest BCUT2D eigenvalue weighted by molar-refractivity contribution is -0.152. The van der Waals surface area contributed by atoms with Gasteiger partial charge in [-0.05, 0) is 5.92 Å². The van der Waals surface area contributed by atoms with Crippen LogP contribution in [0.2, 0.25) is 0 Å². The van der Waals surface area contributed by atoms with E-state index >= 15 is 0 Å². The number of halogens is 2. The molecule has 0 aromatic rings. The van der Waals surface area contributed by atoms with Crippen LogP contribution in [0.4, 0.5) is 8.78 Å². The molecule has 0 aliphatic carbocycles. The molecule has 6 heteroatoms. The molecule has 0 aromatic carbocycles. The molecule has 0 aliphatic heterocycles. The highest BCUT2D eigenvalue weighted by Gasteiger charge is 2.39. The summed E-state index contributed by atoms with van der Waals surface area (Å²) in [5.41, 5.74) is 0. The van der Waals surface area contributed by atoms with Gasteiger partial charge in [0, 0.05) is 6.42 Å². The third-order valence-electron chi connectivity index (χ3n) is 2.00. The number of amides is 1. The summed E-state index contributed by atoms with van der Waals surface area (Å²) in [5.74, 6) is -6.81. The number of rotatable bonds is 5. The van der Waals surface area contributed by atoms with Crippen molar-refractivity contribution >= 4 is 11.9 Å². The molecule has 2 N–H and O–H groups in total. The Morgan fingerprint density at radius 2 is 1.87 bits per heavy atom. The van der Waals surface area contributed by atoms with Gasteiger partial charge in [0.15, 0.2) is 0 Å². The Morgan fingerprint density at radius 3 is 2.13 bits per heavy atom. The fourth-order valence-electron chi connectivity index (χ4n) is 0.921. The Labute approximate surface area is 86.7 Å². The van der Waals surface area contributed by atoms with Crippen LogP contribution < -0.4 is 5.32 Å². The fourth-order valence-corrected chi connectivity index (χ4v) is 0.921. The zero-order chi connectivity index (χ0) is 12.2. The molecule has 0 radical (unpaired) electrons. The number of alkyl halides is 2. The van der Waals surface area contributed by atoms with Crippen molar-refractivity contribution in [2.45, 2.75) is 39.2 Å². The number of carboxylic acids is 1. The van der Waals surface area contributed by atoms with E-state index in [0.29, 0.717) is 0 Å². The summed E-state index contributed by atoms with van der Waals surface area (Å²) in [6.45, 7) is 4.22. The Bertz CT molecular complexity index is 254. The van der Waals surface area contributed by atoms with Gasteiger partial charge in [-0.15, -0.1) is 0 Å². The van der Waals surface area contributed by atoms with Crippen LogP contribution in [0.3, 0.4) is 0 Å². The lowest BCUT2D eigenvalue weighted by Gasteiger charge is -2.21. The van der Waals surface area contributed by atoms with E-state index in [2.05, 4.69) is 0 Å². The maximum Gasteiger partial charge on any atom is 0.326 e. The molecule has 1 amide bonds. The Kier molecular flexibility index (Phi) is 4.64. The van der Waals surface area contributed by atoms with Crippen molar-refractivity contribution < 1.29 is 23.5 Å². The molecular formula is C9H15F2NO3. The van der Waals surface area contributed by atoms with E-state index in [-0.39, 0.29) is 0 Å². The van der Waals surface area contributed by atoms with Crippen molar-refractivity contribution in [3.8, 4) is 0 Å². The van der Waals surface area contributed by atoms with Crippen LogP contribution in [-0.4, -0.2) is 28.9 Å². The first kappa shape index (κ1) is 13.8. The molecule has 88 valence electrons. The highest BCUT2D eigenvalue weighted by molar-refractivity contribution is 5.88. The largest absolute Gasteiger partial charge is 0.480 e. The van der Waals surface area contributed by atoms with E-state index in [9.17, 15) is 18.4 Å². The van der Waals surface area contributed by atoms with Gasteiger partial charge in [0.2, 0.25) is 0 Å². The summed E-state index contributed by atoms with van der Waals surface area (Å²) in [5, 5.41) is 10.5. The van der Waals surface area contributed by atoms with Gasteiger partial charge in [-0.3, -0.25) is 4.79 Å². The van der Waals surface area contributed by atoms with Crippen molar-refractivity contribution in [2.24, 2.45) is 5.92 Å². The molecule has 4 nitrogen and oxygen atoms in total. The van der Waals surface area contributed by atoms with Crippen molar-refractivity contribution in [2.75, 3.05) is 0 Å². The lowest BCUT2D eigenvalue weighted by Crippen LogP contribution is -2.50. The van der Waals surface area contributed by atoms with E-state index < -0.39 is 36.2 Å². The summed E-state index contributed by atoms with van der Waals surface area (Å²) in [6, 6.07) is -1.28. The van der Waals surface area contributed by atoms with Gasteiger partial charge in [0.25, 0.3) is 5.91 Å². The number of aliphatic carboxylic acids is 1. The SMILES string of the molecule is CCC(F)(F)C(=O)NC(C(=O)O)C(C)C. The number of nitrogens with one attached hydrogen (secondary N) is 1. The zero-order valence-electron chi connectivity index (χ0n) is 8.88. The van der Waals surface area contributed by atoms with Gasteiger partial charge >= 0.3 is 11.9 Å². The molecule has 0 aromatic heterocycles. The topological polar surface area (TPSA) is 66.4 Å². The molecule has 0 spiro atoms. The van der Waals surface area contributed by atoms with Gasteiger partial charge in [-0.2, -0.15) is 8.78 Å². The number of carbonyl (C=O) groups excluding carboxylic acids is 1. The monoisotopic (exact) mass is 223 g/mol. The van der Waals surface area contributed by atoms with Gasteiger partial charge in [0.05, 0.1) is 0 Å². The van der Waals surface area contributed by atoms with Gasteiger partial charge in [-0.1, -0.05) is 20.8 Å². The van der Waals surface area contributed by atoms with Crippen molar-refractivity contribution in [1.82, 2.24) is 5.32 Å². The van der Waals surface area contributed by atoms with E-state index in [1.54, 1.807) is 0 Å². The summed E-state index contributed by atoms with van der Waals surface area (Å²) in [4.78, 5) is 21.6. The number of hydrogen-bond acceptors (Lipinski definition) is 2. The Morgan fingerprint density at radius 1 is 1.40 bits per heavy atom. The molecule has 0 bridgehead atoms. The molecule has 0 fully saturated rings. The van der Waals surface area contributed by atoms with Crippen LogP contribution in [-0.2, 0) is 9.59 Å². The summed E-state index contributed by atoms with van der Waals surface area (Å²) >= 11 is 0. The summed E-state index contributed by atoms with van der Waals surface area (Å²) < 4.78 is 25.7. The van der Waals surface area contributed by atoms with Gasteiger partial charge in [-0.25, -0.2) is 4.79 Å². The highest BCUT2D eigenvalue weighted by Crippen LogP contribution is 2.18. The predicted molar refractivity (Wildman–Crippen MR) is 49.6 cm³/mol. The van der Waals surface area contributed by atoms with Gasteiger partial charge in [0.1, 0.15) is 6.04 Å². The lowest BCUT2D eigenvalue weighted by atomic mass is 10.0. The third kappa shape index (κ3) is 3.81. The van der Waals surface area contributed by atoms with Crippen LogP contribution in [0, 0.1) is 5.92 Å². The van der Waals surface area contributed by atoms with E-state index in [4.69, 9.17) is 5.11 Å². The second-order valence-electron chi connectivity index (χ2n) is 3.59. The summed E-state index contributed by atoms with van der Waals surface area (Å²) in [6.07, 6.45) is -0.650. The predicted octanol–water partition coefficient (Wildman–Crippen LogP) is 1.26. The zero-order valence-corrected chi connectivity index (χ0v) is 8.88. The Balaban J connectivity index is 4.57. The second-order valence-corrected chi connectivity index (χ2v) is 3.59. The maximum atomic E-state index is 12.8. The van der Waals surface area contributed by atoms with E-state index in [1.807, 2.05) is 5.32 Å². The maximum absolute atomic E-state index is 12.8. The fraction of sp³-hybridized carbons (Fsp3) is 0.778. The summed E-state index contributed by atoms with van der Waals surface area (Å²) in [7, 11) is 0. The first-order valence-corrected chi connectivity index (χ1v) is 4.64. The minimum atomic E-state index is -3.51. The molecule has 1 atom stereocenters. The first-order chi connectivity index (χ1) is 6.72. The highest BCUT2D eigenvalue weighted by atomic mass is 19.3. The number of carboxylic acid groups (broad SMARTS) is 1. The molecule has 0 heterocycles. The van der Waals surface area contributed by atoms with Crippen LogP contribution in [0.25, 0.3) is 0 Å². The minimum absolute atomic E-state index is 0.445. The molecule has 15 heavy (non-hydrogen) atoms. The van der Waals surface area contributed by atoms with Crippen molar-refractivity contribution in [1.29, 1.82) is 0 Å². The number of hydrogen-bond donors (Lipinski definition) is 2. The second kappa shape index (κ2) is 5.04. The van der Waals surface area contributed by atoms with Crippen molar-refractivity contribution in [3.63, 3.8) is 0 Å². The third-order valence-corrected chi connectivity index (χ3v) is 2.00. The van der Waals surface area contributed by atoms with Crippen LogP contribution in [0.1, 0.15) is 27.2 Å². The van der Waals surface area contributed by atoms with Crippen LogP contribution in [0.15, 0.2) is 0 Å². The molecule has 0 rings (SSSR count).